The number of hydrogen-bond donors (Lipinski definition) is 1. The number of halogens is 1. The van der Waals surface area contributed by atoms with E-state index in [1.165, 1.54) is 0 Å². The average molecular weight is 334 g/mol. The van der Waals surface area contributed by atoms with Crippen molar-refractivity contribution in [2.75, 3.05) is 12.3 Å². The van der Waals surface area contributed by atoms with Gasteiger partial charge in [-0.25, -0.2) is 8.42 Å². The largest absolute Gasteiger partial charge is 0.314 e. The first kappa shape index (κ1) is 15.7. The summed E-state index contributed by atoms with van der Waals surface area (Å²) in [5.74, 6) is 0.174. The van der Waals surface area contributed by atoms with Gasteiger partial charge in [-0.2, -0.15) is 0 Å². The van der Waals surface area contributed by atoms with Crippen molar-refractivity contribution < 1.29 is 8.42 Å². The maximum atomic E-state index is 12.2. The highest BCUT2D eigenvalue weighted by atomic mass is 79.9. The fraction of sp³-hybridized carbons (Fsp3) is 0.538. The third-order valence-electron chi connectivity index (χ3n) is 2.73. The van der Waals surface area contributed by atoms with Crippen LogP contribution in [0, 0.1) is 0 Å². The molecule has 0 aliphatic rings. The van der Waals surface area contributed by atoms with Crippen LogP contribution in [0.4, 0.5) is 0 Å². The normalized spacial score (nSPS) is 13.5. The molecule has 102 valence electrons. The molecule has 0 bridgehead atoms. The Labute approximate surface area is 118 Å². The first-order valence-corrected chi connectivity index (χ1v) is 8.62. The van der Waals surface area contributed by atoms with E-state index in [0.29, 0.717) is 15.8 Å². The highest BCUT2D eigenvalue weighted by Gasteiger charge is 2.18. The lowest BCUT2D eigenvalue weighted by Gasteiger charge is -2.13. The van der Waals surface area contributed by atoms with Gasteiger partial charge in [-0.15, -0.1) is 0 Å². The van der Waals surface area contributed by atoms with E-state index in [4.69, 9.17) is 0 Å². The molecule has 0 saturated carbocycles. The molecule has 1 unspecified atom stereocenters. The lowest BCUT2D eigenvalue weighted by Crippen LogP contribution is -2.28. The molecule has 0 amide bonds. The Balaban J connectivity index is 2.63. The third-order valence-corrected chi connectivity index (χ3v) is 5.49. The predicted molar refractivity (Wildman–Crippen MR) is 78.6 cm³/mol. The molecule has 1 aromatic carbocycles. The minimum absolute atomic E-state index is 0.174. The first-order chi connectivity index (χ1) is 8.47. The van der Waals surface area contributed by atoms with Crippen LogP contribution in [0.5, 0.6) is 0 Å². The molecule has 0 saturated heterocycles. The second-order valence-corrected chi connectivity index (χ2v) is 7.33. The first-order valence-electron chi connectivity index (χ1n) is 6.18. The number of benzene rings is 1. The Hall–Kier alpha value is -0.390. The van der Waals surface area contributed by atoms with Gasteiger partial charge in [0.15, 0.2) is 9.84 Å². The van der Waals surface area contributed by atoms with Gasteiger partial charge in [0.1, 0.15) is 0 Å². The van der Waals surface area contributed by atoms with Crippen LogP contribution in [-0.4, -0.2) is 26.8 Å². The van der Waals surface area contributed by atoms with Crippen LogP contribution in [0.3, 0.4) is 0 Å². The van der Waals surface area contributed by atoms with Crippen LogP contribution in [0.1, 0.15) is 26.7 Å². The number of sulfone groups is 1. The molecular weight excluding hydrogens is 314 g/mol. The summed E-state index contributed by atoms with van der Waals surface area (Å²) in [7, 11) is -3.20. The van der Waals surface area contributed by atoms with E-state index in [1.54, 1.807) is 18.2 Å². The van der Waals surface area contributed by atoms with Crippen LogP contribution in [0.2, 0.25) is 0 Å². The maximum Gasteiger partial charge on any atom is 0.179 e. The van der Waals surface area contributed by atoms with Crippen LogP contribution >= 0.6 is 15.9 Å². The van der Waals surface area contributed by atoms with Crippen molar-refractivity contribution in [3.63, 3.8) is 0 Å². The summed E-state index contributed by atoms with van der Waals surface area (Å²) < 4.78 is 25.0. The molecule has 0 spiro atoms. The summed E-state index contributed by atoms with van der Waals surface area (Å²) in [6.07, 6.45) is 1.69. The number of nitrogens with one attached hydrogen (secondary N) is 1. The second kappa shape index (κ2) is 7.26. The SMILES string of the molecule is CCCNC(C)CCS(=O)(=O)c1ccccc1Br. The van der Waals surface area contributed by atoms with Crippen molar-refractivity contribution in [2.45, 2.75) is 37.6 Å². The molecule has 3 nitrogen and oxygen atoms in total. The lowest BCUT2D eigenvalue weighted by atomic mass is 10.2. The van der Waals surface area contributed by atoms with Crippen LogP contribution in [0.15, 0.2) is 33.6 Å². The van der Waals surface area contributed by atoms with Gasteiger partial charge in [-0.1, -0.05) is 19.1 Å². The molecule has 1 N–H and O–H groups in total. The van der Waals surface area contributed by atoms with Gasteiger partial charge in [0, 0.05) is 10.5 Å². The van der Waals surface area contributed by atoms with Crippen molar-refractivity contribution >= 4 is 25.8 Å². The molecule has 0 aromatic heterocycles. The van der Waals surface area contributed by atoms with Crippen LogP contribution in [0.25, 0.3) is 0 Å². The van der Waals surface area contributed by atoms with Gasteiger partial charge in [-0.05, 0) is 54.4 Å². The molecule has 1 rings (SSSR count). The van der Waals surface area contributed by atoms with E-state index in [0.717, 1.165) is 13.0 Å². The monoisotopic (exact) mass is 333 g/mol. The summed E-state index contributed by atoms with van der Waals surface area (Å²) in [6, 6.07) is 7.18. The van der Waals surface area contributed by atoms with Gasteiger partial charge in [0.2, 0.25) is 0 Å². The predicted octanol–water partition coefficient (Wildman–Crippen LogP) is 3.00. The zero-order chi connectivity index (χ0) is 13.6. The molecule has 18 heavy (non-hydrogen) atoms. The summed E-state index contributed by atoms with van der Waals surface area (Å²) >= 11 is 3.29. The van der Waals surface area contributed by atoms with E-state index in [-0.39, 0.29) is 11.8 Å². The maximum absolute atomic E-state index is 12.2. The Morgan fingerprint density at radius 2 is 2.00 bits per heavy atom. The van der Waals surface area contributed by atoms with Crippen molar-refractivity contribution in [3.8, 4) is 0 Å². The van der Waals surface area contributed by atoms with Crippen LogP contribution in [-0.2, 0) is 9.84 Å². The van der Waals surface area contributed by atoms with Gasteiger partial charge in [-0.3, -0.25) is 0 Å². The Bertz CT molecular complexity index is 474. The topological polar surface area (TPSA) is 46.2 Å². The number of rotatable bonds is 7. The van der Waals surface area contributed by atoms with Gasteiger partial charge in [0.05, 0.1) is 10.6 Å². The van der Waals surface area contributed by atoms with E-state index in [2.05, 4.69) is 28.2 Å². The molecule has 1 aromatic rings. The quantitative estimate of drug-likeness (QED) is 0.834. The molecule has 1 atom stereocenters. The smallest absolute Gasteiger partial charge is 0.179 e. The molecule has 0 fully saturated rings. The Morgan fingerprint density at radius 3 is 2.61 bits per heavy atom. The molecule has 0 radical (unpaired) electrons. The Kier molecular flexibility index (Phi) is 6.32. The van der Waals surface area contributed by atoms with E-state index in [9.17, 15) is 8.42 Å². The van der Waals surface area contributed by atoms with Crippen molar-refractivity contribution in [1.29, 1.82) is 0 Å². The van der Waals surface area contributed by atoms with Crippen molar-refractivity contribution in [3.05, 3.63) is 28.7 Å². The molecule has 5 heteroatoms. The van der Waals surface area contributed by atoms with E-state index in [1.807, 2.05) is 13.0 Å². The molecule has 0 heterocycles. The van der Waals surface area contributed by atoms with E-state index < -0.39 is 9.84 Å². The minimum Gasteiger partial charge on any atom is -0.314 e. The molecule has 0 aliphatic heterocycles. The zero-order valence-corrected chi connectivity index (χ0v) is 13.2. The van der Waals surface area contributed by atoms with Gasteiger partial charge in [0.25, 0.3) is 0 Å². The zero-order valence-electron chi connectivity index (χ0n) is 10.8. The molecule has 0 aliphatic carbocycles. The summed E-state index contributed by atoms with van der Waals surface area (Å²) in [6.45, 7) is 5.04. The molecular formula is C13H20BrNO2S. The van der Waals surface area contributed by atoms with Crippen molar-refractivity contribution in [2.24, 2.45) is 0 Å². The number of hydrogen-bond acceptors (Lipinski definition) is 3. The summed E-state index contributed by atoms with van der Waals surface area (Å²) in [5.41, 5.74) is 0. The average Bonchev–Trinajstić information content (AvgIpc) is 2.34. The minimum atomic E-state index is -3.20. The van der Waals surface area contributed by atoms with Crippen LogP contribution < -0.4 is 5.32 Å². The highest BCUT2D eigenvalue weighted by molar-refractivity contribution is 9.10. The second-order valence-electron chi connectivity index (χ2n) is 4.39. The summed E-state index contributed by atoms with van der Waals surface area (Å²) in [5, 5.41) is 3.29. The van der Waals surface area contributed by atoms with E-state index >= 15 is 0 Å². The van der Waals surface area contributed by atoms with Crippen molar-refractivity contribution in [1.82, 2.24) is 5.32 Å². The van der Waals surface area contributed by atoms with Gasteiger partial charge < -0.3 is 5.32 Å². The fourth-order valence-electron chi connectivity index (χ4n) is 1.63. The lowest BCUT2D eigenvalue weighted by molar-refractivity contribution is 0.525. The highest BCUT2D eigenvalue weighted by Crippen LogP contribution is 2.22. The fourth-order valence-corrected chi connectivity index (χ4v) is 4.19. The summed E-state index contributed by atoms with van der Waals surface area (Å²) in [4.78, 5) is 0.382. The standard InChI is InChI=1S/C13H20BrNO2S/c1-3-9-15-11(2)8-10-18(16,17)13-7-5-4-6-12(13)14/h4-7,11,15H,3,8-10H2,1-2H3. The Morgan fingerprint density at radius 1 is 1.33 bits per heavy atom. The third kappa shape index (κ3) is 4.71. The van der Waals surface area contributed by atoms with Gasteiger partial charge >= 0.3 is 0 Å².